The number of rotatable bonds is 7. The average Bonchev–Trinajstić information content (AvgIpc) is 3.18. The molecule has 6 nitrogen and oxygen atoms in total. The van der Waals surface area contributed by atoms with Crippen LogP contribution in [0.2, 0.25) is 0 Å². The summed E-state index contributed by atoms with van der Waals surface area (Å²) in [6.07, 6.45) is 0.711. The SMILES string of the molecule is Cc1ccc(Oc2ccc(CCNC(=O)Nc3c(C)c(C(C)(C)C)nn3-c3ccccc3)cc2)cc1. The van der Waals surface area contributed by atoms with Crippen LogP contribution in [0, 0.1) is 13.8 Å². The summed E-state index contributed by atoms with van der Waals surface area (Å²) in [7, 11) is 0. The van der Waals surface area contributed by atoms with Gasteiger partial charge in [-0.15, -0.1) is 0 Å². The van der Waals surface area contributed by atoms with E-state index in [0.717, 1.165) is 34.0 Å². The molecule has 4 aromatic rings. The molecule has 0 aliphatic rings. The van der Waals surface area contributed by atoms with E-state index in [0.29, 0.717) is 18.8 Å². The average molecular weight is 483 g/mol. The molecule has 0 radical (unpaired) electrons. The number of para-hydroxylation sites is 1. The van der Waals surface area contributed by atoms with E-state index >= 15 is 0 Å². The number of carbonyl (C=O) groups is 1. The minimum absolute atomic E-state index is 0.146. The molecule has 2 amide bonds. The summed E-state index contributed by atoms with van der Waals surface area (Å²) in [5.41, 5.74) is 4.99. The lowest BCUT2D eigenvalue weighted by atomic mass is 9.90. The van der Waals surface area contributed by atoms with Crippen molar-refractivity contribution >= 4 is 11.8 Å². The maximum absolute atomic E-state index is 12.8. The van der Waals surface area contributed by atoms with Crippen LogP contribution in [0.15, 0.2) is 78.9 Å². The first kappa shape index (κ1) is 25.0. The Balaban J connectivity index is 1.37. The summed E-state index contributed by atoms with van der Waals surface area (Å²) < 4.78 is 7.70. The van der Waals surface area contributed by atoms with E-state index in [1.165, 1.54) is 5.56 Å². The molecule has 0 aliphatic heterocycles. The van der Waals surface area contributed by atoms with Crippen LogP contribution in [0.4, 0.5) is 10.6 Å². The number of urea groups is 1. The topological polar surface area (TPSA) is 68.2 Å². The number of hydrogen-bond donors (Lipinski definition) is 2. The highest BCUT2D eigenvalue weighted by molar-refractivity contribution is 5.89. The van der Waals surface area contributed by atoms with Gasteiger partial charge in [0.15, 0.2) is 0 Å². The highest BCUT2D eigenvalue weighted by Gasteiger charge is 2.25. The van der Waals surface area contributed by atoms with Gasteiger partial charge in [0.2, 0.25) is 0 Å². The first-order valence-corrected chi connectivity index (χ1v) is 12.2. The predicted molar refractivity (Wildman–Crippen MR) is 145 cm³/mol. The van der Waals surface area contributed by atoms with Crippen LogP contribution in [-0.4, -0.2) is 22.4 Å². The molecule has 0 bridgehead atoms. The first-order chi connectivity index (χ1) is 17.2. The fourth-order valence-corrected chi connectivity index (χ4v) is 4.05. The molecule has 6 heteroatoms. The molecule has 0 aliphatic carbocycles. The van der Waals surface area contributed by atoms with Crippen LogP contribution in [0.1, 0.15) is 43.2 Å². The molecule has 3 aromatic carbocycles. The lowest BCUT2D eigenvalue weighted by Crippen LogP contribution is -2.31. The van der Waals surface area contributed by atoms with Gasteiger partial charge >= 0.3 is 6.03 Å². The van der Waals surface area contributed by atoms with E-state index in [4.69, 9.17) is 9.84 Å². The Bertz CT molecular complexity index is 1300. The maximum Gasteiger partial charge on any atom is 0.320 e. The van der Waals surface area contributed by atoms with E-state index < -0.39 is 0 Å². The Labute approximate surface area is 213 Å². The molecule has 0 atom stereocenters. The number of hydrogen-bond acceptors (Lipinski definition) is 3. The number of aromatic nitrogens is 2. The molecule has 0 unspecified atom stereocenters. The normalized spacial score (nSPS) is 11.2. The van der Waals surface area contributed by atoms with Crippen molar-refractivity contribution in [2.45, 2.75) is 46.5 Å². The van der Waals surface area contributed by atoms with E-state index in [9.17, 15) is 4.79 Å². The van der Waals surface area contributed by atoms with Gasteiger partial charge in [0.05, 0.1) is 11.4 Å². The molecule has 0 saturated carbocycles. The fourth-order valence-electron chi connectivity index (χ4n) is 4.05. The molecular formula is C30H34N4O2. The quantitative estimate of drug-likeness (QED) is 0.300. The molecule has 1 aromatic heterocycles. The Kier molecular flexibility index (Phi) is 7.44. The standard InChI is InChI=1S/C30H34N4O2/c1-21-11-15-25(16-12-21)36-26-17-13-23(14-18-26)19-20-31-29(35)32-28-22(2)27(30(3,4)5)33-34(28)24-9-7-6-8-10-24/h6-18H,19-20H2,1-5H3,(H2,31,32,35). The molecular weight excluding hydrogens is 448 g/mol. The molecule has 0 fully saturated rings. The number of benzene rings is 3. The van der Waals surface area contributed by atoms with Gasteiger partial charge in [-0.3, -0.25) is 5.32 Å². The number of nitrogens with zero attached hydrogens (tertiary/aromatic N) is 2. The Morgan fingerprint density at radius 3 is 2.11 bits per heavy atom. The van der Waals surface area contributed by atoms with Crippen molar-refractivity contribution in [2.75, 3.05) is 11.9 Å². The van der Waals surface area contributed by atoms with Crippen LogP contribution < -0.4 is 15.4 Å². The third-order valence-electron chi connectivity index (χ3n) is 5.94. The van der Waals surface area contributed by atoms with Gasteiger partial charge in [-0.2, -0.15) is 5.10 Å². The van der Waals surface area contributed by atoms with E-state index in [1.54, 1.807) is 0 Å². The summed E-state index contributed by atoms with van der Waals surface area (Å²) in [5.74, 6) is 2.28. The summed E-state index contributed by atoms with van der Waals surface area (Å²) in [4.78, 5) is 12.8. The van der Waals surface area contributed by atoms with Crippen molar-refractivity contribution in [1.29, 1.82) is 0 Å². The van der Waals surface area contributed by atoms with Crippen molar-refractivity contribution in [1.82, 2.24) is 15.1 Å². The molecule has 0 spiro atoms. The maximum atomic E-state index is 12.8. The van der Waals surface area contributed by atoms with Gasteiger partial charge in [-0.05, 0) is 62.2 Å². The smallest absolute Gasteiger partial charge is 0.320 e. The van der Waals surface area contributed by atoms with Gasteiger partial charge < -0.3 is 10.1 Å². The largest absolute Gasteiger partial charge is 0.457 e. The Hall–Kier alpha value is -4.06. The van der Waals surface area contributed by atoms with E-state index in [1.807, 2.05) is 90.5 Å². The summed E-state index contributed by atoms with van der Waals surface area (Å²) >= 11 is 0. The minimum atomic E-state index is -0.255. The zero-order chi connectivity index (χ0) is 25.7. The summed E-state index contributed by atoms with van der Waals surface area (Å²) in [6, 6.07) is 25.5. The number of amides is 2. The zero-order valence-electron chi connectivity index (χ0n) is 21.6. The van der Waals surface area contributed by atoms with Crippen molar-refractivity contribution in [2.24, 2.45) is 0 Å². The number of carbonyl (C=O) groups excluding carboxylic acids is 1. The molecule has 2 N–H and O–H groups in total. The predicted octanol–water partition coefficient (Wildman–Crippen LogP) is 6.94. The molecule has 36 heavy (non-hydrogen) atoms. The van der Waals surface area contributed by atoms with Crippen LogP contribution in [0.25, 0.3) is 5.69 Å². The summed E-state index contributed by atoms with van der Waals surface area (Å²) in [5, 5.41) is 10.8. The highest BCUT2D eigenvalue weighted by Crippen LogP contribution is 2.31. The number of anilines is 1. The van der Waals surface area contributed by atoms with E-state index in [-0.39, 0.29) is 11.4 Å². The third-order valence-corrected chi connectivity index (χ3v) is 5.94. The Morgan fingerprint density at radius 2 is 1.50 bits per heavy atom. The van der Waals surface area contributed by atoms with Crippen molar-refractivity contribution in [3.8, 4) is 17.2 Å². The number of nitrogens with one attached hydrogen (secondary N) is 2. The minimum Gasteiger partial charge on any atom is -0.457 e. The Morgan fingerprint density at radius 1 is 0.889 bits per heavy atom. The first-order valence-electron chi connectivity index (χ1n) is 12.2. The highest BCUT2D eigenvalue weighted by atomic mass is 16.5. The van der Waals surface area contributed by atoms with E-state index in [2.05, 4.69) is 38.3 Å². The monoisotopic (exact) mass is 482 g/mol. The second kappa shape index (κ2) is 10.7. The van der Waals surface area contributed by atoms with Gasteiger partial charge in [-0.1, -0.05) is 68.8 Å². The van der Waals surface area contributed by atoms with Crippen LogP contribution in [0.3, 0.4) is 0 Å². The molecule has 1 heterocycles. The van der Waals surface area contributed by atoms with Gasteiger partial charge in [0.1, 0.15) is 17.3 Å². The number of aryl methyl sites for hydroxylation is 1. The lowest BCUT2D eigenvalue weighted by Gasteiger charge is -2.16. The van der Waals surface area contributed by atoms with Crippen molar-refractivity contribution in [3.63, 3.8) is 0 Å². The molecule has 0 saturated heterocycles. The second-order valence-corrected chi connectivity index (χ2v) is 10.0. The van der Waals surface area contributed by atoms with Gasteiger partial charge in [0.25, 0.3) is 0 Å². The second-order valence-electron chi connectivity index (χ2n) is 10.0. The van der Waals surface area contributed by atoms with Crippen molar-refractivity contribution < 1.29 is 9.53 Å². The molecule has 186 valence electrons. The molecule has 4 rings (SSSR count). The lowest BCUT2D eigenvalue weighted by molar-refractivity contribution is 0.252. The van der Waals surface area contributed by atoms with Gasteiger partial charge in [-0.25, -0.2) is 9.48 Å². The van der Waals surface area contributed by atoms with Crippen LogP contribution >= 0.6 is 0 Å². The third kappa shape index (κ3) is 6.13. The van der Waals surface area contributed by atoms with Crippen molar-refractivity contribution in [3.05, 3.63) is 101 Å². The summed E-state index contributed by atoms with van der Waals surface area (Å²) in [6.45, 7) is 10.9. The van der Waals surface area contributed by atoms with Crippen LogP contribution in [-0.2, 0) is 11.8 Å². The zero-order valence-corrected chi connectivity index (χ0v) is 21.6. The number of ether oxygens (including phenoxy) is 1. The van der Waals surface area contributed by atoms with Crippen LogP contribution in [0.5, 0.6) is 11.5 Å². The van der Waals surface area contributed by atoms with Gasteiger partial charge in [0, 0.05) is 17.5 Å². The fraction of sp³-hybridized carbons (Fsp3) is 0.267.